The lowest BCUT2D eigenvalue weighted by Crippen LogP contribution is -1.73. The Balaban J connectivity index is 2.92. The molecule has 0 unspecified atom stereocenters. The molecular weight excluding hydrogens is 149 g/mol. The summed E-state index contributed by atoms with van der Waals surface area (Å²) in [6, 6.07) is 0. The van der Waals surface area contributed by atoms with Crippen LogP contribution in [0.2, 0.25) is 5.02 Å². The molecule has 0 radical (unpaired) electrons. The van der Waals surface area contributed by atoms with Gasteiger partial charge in [0.1, 0.15) is 17.0 Å². The lowest BCUT2D eigenvalue weighted by Gasteiger charge is -1.78. The summed E-state index contributed by atoms with van der Waals surface area (Å²) in [6.45, 7) is 0. The van der Waals surface area contributed by atoms with Crippen LogP contribution in [0, 0.1) is 0 Å². The first-order chi connectivity index (χ1) is 3.84. The molecule has 0 bridgehead atoms. The van der Waals surface area contributed by atoms with Crippen molar-refractivity contribution in [2.24, 2.45) is 0 Å². The van der Waals surface area contributed by atoms with Gasteiger partial charge in [-0.3, -0.25) is 0 Å². The molecule has 1 aromatic rings. The van der Waals surface area contributed by atoms with Crippen LogP contribution < -0.4 is 0 Å². The van der Waals surface area contributed by atoms with Gasteiger partial charge in [0.25, 0.3) is 0 Å². The number of halogens is 2. The second-order valence-electron chi connectivity index (χ2n) is 1.24. The second-order valence-corrected chi connectivity index (χ2v) is 1.92. The number of hydrogen-bond donors (Lipinski definition) is 0. The van der Waals surface area contributed by atoms with Crippen molar-refractivity contribution in [3.05, 3.63) is 17.0 Å². The van der Waals surface area contributed by atoms with Gasteiger partial charge in [0.15, 0.2) is 0 Å². The highest BCUT2D eigenvalue weighted by molar-refractivity contribution is 6.31. The Labute approximate surface area is 56.4 Å². The summed E-state index contributed by atoms with van der Waals surface area (Å²) in [6.07, 6.45) is 1.35. The molecular formula is C4H3Cl2NO. The summed E-state index contributed by atoms with van der Waals surface area (Å²) < 4.78 is 4.47. The predicted molar refractivity (Wildman–Crippen MR) is 31.1 cm³/mol. The highest BCUT2D eigenvalue weighted by atomic mass is 35.5. The molecule has 0 aliphatic rings. The molecule has 0 spiro atoms. The van der Waals surface area contributed by atoms with E-state index in [0.717, 1.165) is 0 Å². The molecule has 0 N–H and O–H groups in total. The fourth-order valence-corrected chi connectivity index (χ4v) is 0.738. The van der Waals surface area contributed by atoms with E-state index < -0.39 is 0 Å². The Morgan fingerprint density at radius 2 is 2.50 bits per heavy atom. The van der Waals surface area contributed by atoms with Crippen LogP contribution in [0.1, 0.15) is 5.69 Å². The Hall–Kier alpha value is -0.210. The zero-order chi connectivity index (χ0) is 5.98. The monoisotopic (exact) mass is 151 g/mol. The molecule has 44 valence electrons. The van der Waals surface area contributed by atoms with Crippen LogP contribution in [0.5, 0.6) is 0 Å². The maximum Gasteiger partial charge on any atom is 0.142 e. The van der Waals surface area contributed by atoms with E-state index >= 15 is 0 Å². The van der Waals surface area contributed by atoms with Crippen molar-refractivity contribution >= 4 is 23.2 Å². The average molecular weight is 152 g/mol. The minimum Gasteiger partial charge on any atom is -0.363 e. The van der Waals surface area contributed by atoms with E-state index in [1.54, 1.807) is 0 Å². The van der Waals surface area contributed by atoms with Crippen molar-refractivity contribution in [1.82, 2.24) is 5.16 Å². The van der Waals surface area contributed by atoms with Crippen molar-refractivity contribution < 1.29 is 4.52 Å². The molecule has 1 aromatic heterocycles. The summed E-state index contributed by atoms with van der Waals surface area (Å²) in [5.74, 6) is 0.301. The largest absolute Gasteiger partial charge is 0.363 e. The van der Waals surface area contributed by atoms with Gasteiger partial charge in [0.2, 0.25) is 0 Å². The first-order valence-electron chi connectivity index (χ1n) is 1.99. The molecule has 0 amide bonds. The van der Waals surface area contributed by atoms with Crippen LogP contribution in [-0.4, -0.2) is 5.16 Å². The van der Waals surface area contributed by atoms with Crippen molar-refractivity contribution in [2.75, 3.05) is 0 Å². The predicted octanol–water partition coefficient (Wildman–Crippen LogP) is 2.07. The summed E-state index contributed by atoms with van der Waals surface area (Å²) in [5, 5.41) is 3.98. The average Bonchev–Trinajstić information content (AvgIpc) is 2.14. The first kappa shape index (κ1) is 5.92. The lowest BCUT2D eigenvalue weighted by molar-refractivity contribution is 0.414. The van der Waals surface area contributed by atoms with Gasteiger partial charge in [-0.05, 0) is 0 Å². The Morgan fingerprint density at radius 1 is 1.75 bits per heavy atom. The van der Waals surface area contributed by atoms with Crippen molar-refractivity contribution in [3.63, 3.8) is 0 Å². The van der Waals surface area contributed by atoms with E-state index in [4.69, 9.17) is 23.2 Å². The van der Waals surface area contributed by atoms with Gasteiger partial charge in [-0.2, -0.15) is 0 Å². The van der Waals surface area contributed by atoms with E-state index in [1.807, 2.05) is 0 Å². The standard InChI is InChI=1S/C4H3Cl2NO/c5-1-4-3(6)2-8-7-4/h2H,1H2. The molecule has 1 heterocycles. The Bertz CT molecular complexity index is 174. The molecule has 0 saturated heterocycles. The van der Waals surface area contributed by atoms with E-state index in [1.165, 1.54) is 6.26 Å². The maximum absolute atomic E-state index is 5.50. The third-order valence-corrected chi connectivity index (χ3v) is 1.28. The minimum atomic E-state index is 0.301. The van der Waals surface area contributed by atoms with Crippen molar-refractivity contribution in [1.29, 1.82) is 0 Å². The quantitative estimate of drug-likeness (QED) is 0.575. The molecule has 0 aliphatic carbocycles. The van der Waals surface area contributed by atoms with Crippen LogP contribution in [0.3, 0.4) is 0 Å². The molecule has 0 fully saturated rings. The van der Waals surface area contributed by atoms with Crippen LogP contribution in [-0.2, 0) is 5.88 Å². The number of rotatable bonds is 1. The summed E-state index contributed by atoms with van der Waals surface area (Å²) >= 11 is 10.9. The molecule has 8 heavy (non-hydrogen) atoms. The van der Waals surface area contributed by atoms with Gasteiger partial charge in [-0.1, -0.05) is 16.8 Å². The van der Waals surface area contributed by atoms with E-state index in [2.05, 4.69) is 9.68 Å². The van der Waals surface area contributed by atoms with Crippen LogP contribution in [0.4, 0.5) is 0 Å². The van der Waals surface area contributed by atoms with Gasteiger partial charge in [0, 0.05) is 0 Å². The van der Waals surface area contributed by atoms with Gasteiger partial charge in [-0.25, -0.2) is 0 Å². The Morgan fingerprint density at radius 3 is 2.75 bits per heavy atom. The van der Waals surface area contributed by atoms with Crippen molar-refractivity contribution in [2.45, 2.75) is 5.88 Å². The van der Waals surface area contributed by atoms with Gasteiger partial charge >= 0.3 is 0 Å². The topological polar surface area (TPSA) is 26.0 Å². The highest BCUT2D eigenvalue weighted by Gasteiger charge is 2.00. The van der Waals surface area contributed by atoms with Crippen LogP contribution >= 0.6 is 23.2 Å². The molecule has 1 rings (SSSR count). The second kappa shape index (κ2) is 2.37. The smallest absolute Gasteiger partial charge is 0.142 e. The van der Waals surface area contributed by atoms with Crippen LogP contribution in [0.25, 0.3) is 0 Å². The maximum atomic E-state index is 5.50. The zero-order valence-electron chi connectivity index (χ0n) is 3.90. The van der Waals surface area contributed by atoms with Gasteiger partial charge in [-0.15, -0.1) is 11.6 Å². The molecule has 0 aliphatic heterocycles. The normalized spacial score (nSPS) is 9.75. The van der Waals surface area contributed by atoms with Gasteiger partial charge < -0.3 is 4.52 Å². The molecule has 0 aromatic carbocycles. The fourth-order valence-electron chi connectivity index (χ4n) is 0.336. The third kappa shape index (κ3) is 0.956. The number of aromatic nitrogens is 1. The number of hydrogen-bond acceptors (Lipinski definition) is 2. The highest BCUT2D eigenvalue weighted by Crippen LogP contribution is 2.14. The molecule has 2 nitrogen and oxygen atoms in total. The Kier molecular flexibility index (Phi) is 1.76. The SMILES string of the molecule is ClCc1nocc1Cl. The van der Waals surface area contributed by atoms with Crippen LogP contribution in [0.15, 0.2) is 10.8 Å². The molecule has 0 saturated carbocycles. The molecule has 0 atom stereocenters. The number of nitrogens with zero attached hydrogens (tertiary/aromatic N) is 1. The van der Waals surface area contributed by atoms with E-state index in [-0.39, 0.29) is 0 Å². The van der Waals surface area contributed by atoms with Crippen molar-refractivity contribution in [3.8, 4) is 0 Å². The number of alkyl halides is 1. The summed E-state index contributed by atoms with van der Waals surface area (Å²) in [5.41, 5.74) is 0.591. The van der Waals surface area contributed by atoms with E-state index in [9.17, 15) is 0 Å². The lowest BCUT2D eigenvalue weighted by atomic mass is 10.5. The third-order valence-electron chi connectivity index (χ3n) is 0.721. The summed E-state index contributed by atoms with van der Waals surface area (Å²) in [4.78, 5) is 0. The van der Waals surface area contributed by atoms with E-state index in [0.29, 0.717) is 16.6 Å². The first-order valence-corrected chi connectivity index (χ1v) is 2.90. The summed E-state index contributed by atoms with van der Waals surface area (Å²) in [7, 11) is 0. The fraction of sp³-hybridized carbons (Fsp3) is 0.250. The zero-order valence-corrected chi connectivity index (χ0v) is 5.41. The van der Waals surface area contributed by atoms with Gasteiger partial charge in [0.05, 0.1) is 5.88 Å². The molecule has 4 heteroatoms. The minimum absolute atomic E-state index is 0.301.